The van der Waals surface area contributed by atoms with E-state index in [9.17, 15) is 0 Å². The predicted octanol–water partition coefficient (Wildman–Crippen LogP) is 3.28. The van der Waals surface area contributed by atoms with Crippen LogP contribution in [0.1, 0.15) is 24.4 Å². The Labute approximate surface area is 137 Å². The fraction of sp³-hybridized carbons (Fsp3) is 0.278. The topological polar surface area (TPSA) is 62.7 Å². The van der Waals surface area contributed by atoms with Crippen molar-refractivity contribution in [2.45, 2.75) is 19.9 Å². The second-order valence-electron chi connectivity index (χ2n) is 5.41. The van der Waals surface area contributed by atoms with Gasteiger partial charge in [0.25, 0.3) is 0 Å². The van der Waals surface area contributed by atoms with E-state index >= 15 is 0 Å². The van der Waals surface area contributed by atoms with E-state index in [2.05, 4.69) is 44.8 Å². The van der Waals surface area contributed by atoms with E-state index in [1.807, 2.05) is 33.2 Å². The van der Waals surface area contributed by atoms with E-state index in [1.165, 1.54) is 0 Å². The van der Waals surface area contributed by atoms with Crippen LogP contribution in [0, 0.1) is 6.92 Å². The van der Waals surface area contributed by atoms with Crippen molar-refractivity contribution in [3.8, 4) is 11.3 Å². The molecule has 0 aliphatic rings. The summed E-state index contributed by atoms with van der Waals surface area (Å²) >= 11 is 0. The normalized spacial score (nSPS) is 11.8. The quantitative estimate of drug-likeness (QED) is 0.769. The molecule has 0 amide bonds. The summed E-state index contributed by atoms with van der Waals surface area (Å²) in [5, 5.41) is 6.63. The van der Waals surface area contributed by atoms with Crippen LogP contribution in [0.3, 0.4) is 0 Å². The molecule has 23 heavy (non-hydrogen) atoms. The zero-order chi connectivity index (χ0) is 16.8. The van der Waals surface area contributed by atoms with Gasteiger partial charge in [-0.05, 0) is 27.0 Å². The SMILES string of the molecule is C=CCNc1cnc(-c2cnc(C)nc2)cc1C(NC)C(=C)C. The number of hydrogen-bond donors (Lipinski definition) is 2. The van der Waals surface area contributed by atoms with Crippen molar-refractivity contribution >= 4 is 5.69 Å². The molecule has 0 fully saturated rings. The van der Waals surface area contributed by atoms with Gasteiger partial charge in [0, 0.05) is 30.1 Å². The first-order chi connectivity index (χ1) is 11.1. The van der Waals surface area contributed by atoms with Crippen molar-refractivity contribution in [1.29, 1.82) is 0 Å². The third kappa shape index (κ3) is 4.02. The summed E-state index contributed by atoms with van der Waals surface area (Å²) in [5.41, 5.74) is 4.82. The van der Waals surface area contributed by atoms with Crippen molar-refractivity contribution < 1.29 is 0 Å². The summed E-state index contributed by atoms with van der Waals surface area (Å²) in [4.78, 5) is 13.0. The number of nitrogens with zero attached hydrogens (tertiary/aromatic N) is 3. The van der Waals surface area contributed by atoms with Crippen LogP contribution >= 0.6 is 0 Å². The molecule has 5 nitrogen and oxygen atoms in total. The molecule has 2 N–H and O–H groups in total. The number of likely N-dealkylation sites (N-methyl/N-ethyl adjacent to an activating group) is 1. The molecule has 2 aromatic heterocycles. The molecule has 0 aliphatic carbocycles. The van der Waals surface area contributed by atoms with Gasteiger partial charge in [0.2, 0.25) is 0 Å². The Bertz CT molecular complexity index is 691. The minimum atomic E-state index is 0.0374. The van der Waals surface area contributed by atoms with Crippen LogP contribution < -0.4 is 10.6 Å². The molecule has 0 saturated heterocycles. The largest absolute Gasteiger partial charge is 0.380 e. The zero-order valence-electron chi connectivity index (χ0n) is 13.9. The van der Waals surface area contributed by atoms with E-state index in [-0.39, 0.29) is 6.04 Å². The second-order valence-corrected chi connectivity index (χ2v) is 5.41. The average molecular weight is 309 g/mol. The van der Waals surface area contributed by atoms with Gasteiger partial charge in [0.1, 0.15) is 5.82 Å². The highest BCUT2D eigenvalue weighted by Crippen LogP contribution is 2.30. The van der Waals surface area contributed by atoms with Crippen molar-refractivity contribution in [3.05, 3.63) is 60.9 Å². The molecule has 120 valence electrons. The van der Waals surface area contributed by atoms with Gasteiger partial charge in [-0.15, -0.1) is 6.58 Å². The van der Waals surface area contributed by atoms with E-state index in [4.69, 9.17) is 0 Å². The van der Waals surface area contributed by atoms with E-state index in [0.29, 0.717) is 6.54 Å². The van der Waals surface area contributed by atoms with Crippen LogP contribution in [0.2, 0.25) is 0 Å². The fourth-order valence-electron chi connectivity index (χ4n) is 2.39. The lowest BCUT2D eigenvalue weighted by Crippen LogP contribution is -2.19. The summed E-state index contributed by atoms with van der Waals surface area (Å²) < 4.78 is 0. The van der Waals surface area contributed by atoms with E-state index < -0.39 is 0 Å². The highest BCUT2D eigenvalue weighted by molar-refractivity contribution is 5.64. The number of nitrogens with one attached hydrogen (secondary N) is 2. The molecular formula is C18H23N5. The van der Waals surface area contributed by atoms with Crippen LogP contribution in [0.5, 0.6) is 0 Å². The Morgan fingerprint density at radius 2 is 1.96 bits per heavy atom. The van der Waals surface area contributed by atoms with Gasteiger partial charge < -0.3 is 10.6 Å². The summed E-state index contributed by atoms with van der Waals surface area (Å²) in [5.74, 6) is 0.744. The summed E-state index contributed by atoms with van der Waals surface area (Å²) in [7, 11) is 1.92. The molecule has 1 unspecified atom stereocenters. The maximum atomic E-state index is 4.53. The Morgan fingerprint density at radius 3 is 2.52 bits per heavy atom. The minimum absolute atomic E-state index is 0.0374. The van der Waals surface area contributed by atoms with Gasteiger partial charge in [-0.2, -0.15) is 0 Å². The molecule has 0 radical (unpaired) electrons. The Balaban J connectivity index is 2.49. The Kier molecular flexibility index (Phi) is 5.60. The van der Waals surface area contributed by atoms with Crippen LogP contribution in [-0.4, -0.2) is 28.5 Å². The zero-order valence-corrected chi connectivity index (χ0v) is 13.9. The maximum absolute atomic E-state index is 4.53. The van der Waals surface area contributed by atoms with Crippen molar-refractivity contribution in [3.63, 3.8) is 0 Å². The third-order valence-electron chi connectivity index (χ3n) is 3.54. The lowest BCUT2D eigenvalue weighted by Gasteiger charge is -2.21. The number of hydrogen-bond acceptors (Lipinski definition) is 5. The first kappa shape index (κ1) is 16.8. The molecule has 2 rings (SSSR count). The number of pyridine rings is 1. The van der Waals surface area contributed by atoms with Crippen molar-refractivity contribution in [2.24, 2.45) is 0 Å². The lowest BCUT2D eigenvalue weighted by atomic mass is 9.98. The molecule has 2 heterocycles. The molecule has 5 heteroatoms. The van der Waals surface area contributed by atoms with Crippen molar-refractivity contribution in [2.75, 3.05) is 18.9 Å². The van der Waals surface area contributed by atoms with Crippen LogP contribution in [0.4, 0.5) is 5.69 Å². The van der Waals surface area contributed by atoms with Gasteiger partial charge >= 0.3 is 0 Å². The molecule has 0 bridgehead atoms. The second kappa shape index (κ2) is 7.65. The highest BCUT2D eigenvalue weighted by Gasteiger charge is 2.16. The third-order valence-corrected chi connectivity index (χ3v) is 3.54. The number of aryl methyl sites for hydroxylation is 1. The van der Waals surface area contributed by atoms with Crippen LogP contribution in [0.15, 0.2) is 49.5 Å². The monoisotopic (exact) mass is 309 g/mol. The standard InChI is InChI=1S/C18H23N5/c1-6-7-20-17-11-23-16(14-9-21-13(4)22-10-14)8-15(17)18(19-5)12(2)3/h6,8-11,18-20H,1-2,7H2,3-5H3. The molecule has 0 saturated carbocycles. The molecular weight excluding hydrogens is 286 g/mol. The summed E-state index contributed by atoms with van der Waals surface area (Å²) in [6, 6.07) is 2.09. The van der Waals surface area contributed by atoms with Gasteiger partial charge in [0.05, 0.1) is 23.6 Å². The van der Waals surface area contributed by atoms with Crippen LogP contribution in [-0.2, 0) is 0 Å². The van der Waals surface area contributed by atoms with Gasteiger partial charge in [-0.3, -0.25) is 4.98 Å². The Hall–Kier alpha value is -2.53. The van der Waals surface area contributed by atoms with E-state index in [0.717, 1.165) is 33.9 Å². The first-order valence-corrected chi connectivity index (χ1v) is 7.53. The molecule has 1 atom stereocenters. The van der Waals surface area contributed by atoms with Crippen molar-refractivity contribution in [1.82, 2.24) is 20.3 Å². The minimum Gasteiger partial charge on any atom is -0.380 e. The smallest absolute Gasteiger partial charge is 0.125 e. The Morgan fingerprint density at radius 1 is 1.26 bits per heavy atom. The predicted molar refractivity (Wildman–Crippen MR) is 95.3 cm³/mol. The maximum Gasteiger partial charge on any atom is 0.125 e. The van der Waals surface area contributed by atoms with Gasteiger partial charge in [-0.25, -0.2) is 9.97 Å². The van der Waals surface area contributed by atoms with Gasteiger partial charge in [0.15, 0.2) is 0 Å². The first-order valence-electron chi connectivity index (χ1n) is 7.53. The number of aromatic nitrogens is 3. The highest BCUT2D eigenvalue weighted by atomic mass is 14.9. The average Bonchev–Trinajstić information content (AvgIpc) is 2.54. The van der Waals surface area contributed by atoms with E-state index in [1.54, 1.807) is 12.4 Å². The molecule has 0 aliphatic heterocycles. The number of anilines is 1. The molecule has 2 aromatic rings. The summed E-state index contributed by atoms with van der Waals surface area (Å²) in [6.45, 7) is 12.4. The van der Waals surface area contributed by atoms with Gasteiger partial charge in [-0.1, -0.05) is 18.2 Å². The van der Waals surface area contributed by atoms with Crippen LogP contribution in [0.25, 0.3) is 11.3 Å². The molecule has 0 spiro atoms. The fourth-order valence-corrected chi connectivity index (χ4v) is 2.39. The summed E-state index contributed by atoms with van der Waals surface area (Å²) in [6.07, 6.45) is 7.24. The lowest BCUT2D eigenvalue weighted by molar-refractivity contribution is 0.680. The molecule has 0 aromatic carbocycles. The number of rotatable bonds is 7.